The Morgan fingerprint density at radius 2 is 2.00 bits per heavy atom. The van der Waals surface area contributed by atoms with Crippen molar-refractivity contribution in [3.05, 3.63) is 47.4 Å². The number of hydrogen-bond acceptors (Lipinski definition) is 6. The van der Waals surface area contributed by atoms with Crippen molar-refractivity contribution in [1.82, 2.24) is 14.9 Å². The number of benzene rings is 1. The van der Waals surface area contributed by atoms with Crippen molar-refractivity contribution in [3.63, 3.8) is 0 Å². The molecule has 3 aromatic rings. The predicted molar refractivity (Wildman–Crippen MR) is 104 cm³/mol. The summed E-state index contributed by atoms with van der Waals surface area (Å²) in [6.07, 6.45) is 4.14. The minimum Gasteiger partial charge on any atom is -0.379 e. The third kappa shape index (κ3) is 3.98. The van der Waals surface area contributed by atoms with Crippen LogP contribution >= 0.6 is 11.3 Å². The van der Waals surface area contributed by atoms with Gasteiger partial charge in [0.2, 0.25) is 0 Å². The number of ketones is 1. The van der Waals surface area contributed by atoms with Crippen LogP contribution in [0.5, 0.6) is 0 Å². The maximum absolute atomic E-state index is 12.4. The maximum Gasteiger partial charge on any atom is 0.152 e. The number of rotatable bonds is 5. The van der Waals surface area contributed by atoms with Crippen LogP contribution < -0.4 is 0 Å². The molecule has 6 heteroatoms. The molecule has 134 valence electrons. The third-order valence-electron chi connectivity index (χ3n) is 4.57. The van der Waals surface area contributed by atoms with Crippen LogP contribution in [-0.4, -0.2) is 53.5 Å². The molecule has 0 bridgehead atoms. The smallest absolute Gasteiger partial charge is 0.152 e. The monoisotopic (exact) mass is 367 g/mol. The number of aromatic nitrogens is 2. The highest BCUT2D eigenvalue weighted by Crippen LogP contribution is 2.28. The van der Waals surface area contributed by atoms with Gasteiger partial charge in [-0.25, -0.2) is 4.98 Å². The van der Waals surface area contributed by atoms with Crippen molar-refractivity contribution in [2.75, 3.05) is 32.8 Å². The molecule has 0 aliphatic carbocycles. The highest BCUT2D eigenvalue weighted by atomic mass is 32.1. The Morgan fingerprint density at radius 3 is 2.77 bits per heavy atom. The second-order valence-corrected chi connectivity index (χ2v) is 7.82. The van der Waals surface area contributed by atoms with E-state index in [2.05, 4.69) is 33.1 Å². The van der Waals surface area contributed by atoms with Crippen molar-refractivity contribution in [2.45, 2.75) is 13.3 Å². The summed E-state index contributed by atoms with van der Waals surface area (Å²) in [4.78, 5) is 24.5. The van der Waals surface area contributed by atoms with Crippen LogP contribution in [0.3, 0.4) is 0 Å². The quantitative estimate of drug-likeness (QED) is 0.694. The van der Waals surface area contributed by atoms with E-state index in [9.17, 15) is 4.79 Å². The van der Waals surface area contributed by atoms with E-state index in [1.165, 1.54) is 0 Å². The Balaban J connectivity index is 1.51. The molecule has 0 spiro atoms. The first kappa shape index (κ1) is 17.3. The molecule has 4 rings (SSSR count). The number of fused-ring (bicyclic) bond motifs is 1. The molecule has 1 aliphatic heterocycles. The lowest BCUT2D eigenvalue weighted by Gasteiger charge is -2.25. The lowest BCUT2D eigenvalue weighted by atomic mass is 10.1. The van der Waals surface area contributed by atoms with E-state index < -0.39 is 0 Å². The summed E-state index contributed by atoms with van der Waals surface area (Å²) in [6.45, 7) is 5.56. The second-order valence-electron chi connectivity index (χ2n) is 6.59. The number of ether oxygens (including phenoxy) is 1. The van der Waals surface area contributed by atoms with Crippen LogP contribution in [-0.2, 0) is 16.0 Å². The molecule has 5 nitrogen and oxygen atoms in total. The number of morpholine rings is 1. The normalized spacial score (nSPS) is 15.4. The van der Waals surface area contributed by atoms with Crippen LogP contribution in [0.4, 0.5) is 0 Å². The first-order valence-corrected chi connectivity index (χ1v) is 9.62. The van der Waals surface area contributed by atoms with Gasteiger partial charge in [0.05, 0.1) is 36.1 Å². The molecule has 26 heavy (non-hydrogen) atoms. The molecule has 1 saturated heterocycles. The average Bonchev–Trinajstić information content (AvgIpc) is 3.08. The average molecular weight is 367 g/mol. The van der Waals surface area contributed by atoms with Gasteiger partial charge in [0.25, 0.3) is 0 Å². The molecule has 2 aromatic heterocycles. The van der Waals surface area contributed by atoms with Gasteiger partial charge >= 0.3 is 0 Å². The highest BCUT2D eigenvalue weighted by Gasteiger charge is 2.15. The molecule has 0 unspecified atom stereocenters. The fraction of sp³-hybridized carbons (Fsp3) is 0.350. The first-order chi connectivity index (χ1) is 12.7. The molecule has 0 atom stereocenters. The molecule has 0 saturated carbocycles. The van der Waals surface area contributed by atoms with Gasteiger partial charge in [-0.1, -0.05) is 12.1 Å². The zero-order valence-electron chi connectivity index (χ0n) is 14.8. The lowest BCUT2D eigenvalue weighted by Crippen LogP contribution is -2.39. The molecule has 0 radical (unpaired) electrons. The van der Waals surface area contributed by atoms with Gasteiger partial charge < -0.3 is 4.74 Å². The minimum absolute atomic E-state index is 0.202. The van der Waals surface area contributed by atoms with E-state index in [1.54, 1.807) is 11.3 Å². The van der Waals surface area contributed by atoms with Gasteiger partial charge in [-0.2, -0.15) is 0 Å². The van der Waals surface area contributed by atoms with Crippen LogP contribution in [0.1, 0.15) is 10.7 Å². The van der Waals surface area contributed by atoms with Crippen molar-refractivity contribution in [3.8, 4) is 10.4 Å². The molecule has 0 N–H and O–H groups in total. The van der Waals surface area contributed by atoms with E-state index in [-0.39, 0.29) is 5.78 Å². The Bertz CT molecular complexity index is 932. The molecule has 1 aliphatic rings. The summed E-state index contributed by atoms with van der Waals surface area (Å²) in [5.74, 6) is 0.202. The number of pyridine rings is 1. The van der Waals surface area contributed by atoms with Crippen molar-refractivity contribution in [1.29, 1.82) is 0 Å². The number of aryl methyl sites for hydroxylation is 1. The summed E-state index contributed by atoms with van der Waals surface area (Å²) in [5, 5.41) is 3.25. The molecular formula is C20H21N3O2S. The fourth-order valence-corrected chi connectivity index (χ4v) is 3.97. The zero-order chi connectivity index (χ0) is 17.9. The van der Waals surface area contributed by atoms with Gasteiger partial charge in [0.15, 0.2) is 5.78 Å². The topological polar surface area (TPSA) is 55.3 Å². The molecule has 1 aromatic carbocycles. The molecule has 3 heterocycles. The lowest BCUT2D eigenvalue weighted by molar-refractivity contribution is -0.120. The standard InChI is InChI=1S/C20H21N3O2S/c1-14-21-12-20(26-14)15-2-3-16-11-22-18(9-17(16)8-15)10-19(24)13-23-4-6-25-7-5-23/h2-3,8-9,11-12H,4-7,10,13H2,1H3. The largest absolute Gasteiger partial charge is 0.379 e. The van der Waals surface area contributed by atoms with Gasteiger partial charge in [-0.3, -0.25) is 14.7 Å². The molecular weight excluding hydrogens is 346 g/mol. The predicted octanol–water partition coefficient (Wildman–Crippen LogP) is 3.11. The number of carbonyl (C=O) groups is 1. The number of hydrogen-bond donors (Lipinski definition) is 0. The minimum atomic E-state index is 0.202. The number of thiazole rings is 1. The molecule has 0 amide bonds. The molecule has 1 fully saturated rings. The highest BCUT2D eigenvalue weighted by molar-refractivity contribution is 7.15. The van der Waals surface area contributed by atoms with E-state index >= 15 is 0 Å². The SMILES string of the molecule is Cc1ncc(-c2ccc3cnc(CC(=O)CN4CCOCC4)cc3c2)s1. The van der Waals surface area contributed by atoms with Crippen molar-refractivity contribution in [2.24, 2.45) is 0 Å². The Kier molecular flexibility index (Phi) is 5.06. The van der Waals surface area contributed by atoms with Crippen LogP contribution in [0.2, 0.25) is 0 Å². The second kappa shape index (κ2) is 7.61. The fourth-order valence-electron chi connectivity index (χ4n) is 3.20. The number of carbonyl (C=O) groups excluding carboxylic acids is 1. The summed E-state index contributed by atoms with van der Waals surface area (Å²) < 4.78 is 5.33. The van der Waals surface area contributed by atoms with Gasteiger partial charge in [-0.15, -0.1) is 11.3 Å². The van der Waals surface area contributed by atoms with E-state index in [0.717, 1.165) is 45.0 Å². The van der Waals surface area contributed by atoms with E-state index in [4.69, 9.17) is 4.74 Å². The van der Waals surface area contributed by atoms with Gasteiger partial charge in [0, 0.05) is 36.6 Å². The summed E-state index contributed by atoms with van der Waals surface area (Å²) >= 11 is 1.69. The van der Waals surface area contributed by atoms with Crippen molar-refractivity contribution < 1.29 is 9.53 Å². The third-order valence-corrected chi connectivity index (χ3v) is 5.53. The Morgan fingerprint density at radius 1 is 1.15 bits per heavy atom. The van der Waals surface area contributed by atoms with Gasteiger partial charge in [0.1, 0.15) is 0 Å². The summed E-state index contributed by atoms with van der Waals surface area (Å²) in [6, 6.07) is 8.36. The van der Waals surface area contributed by atoms with Crippen molar-refractivity contribution >= 4 is 27.9 Å². The van der Waals surface area contributed by atoms with Crippen LogP contribution in [0, 0.1) is 6.92 Å². The Labute approximate surface area is 156 Å². The number of Topliss-reactive ketones (excluding diaryl/α,β-unsaturated/α-hetero) is 1. The van der Waals surface area contributed by atoms with Crippen LogP contribution in [0.25, 0.3) is 21.2 Å². The summed E-state index contributed by atoms with van der Waals surface area (Å²) in [5.41, 5.74) is 1.98. The summed E-state index contributed by atoms with van der Waals surface area (Å²) in [7, 11) is 0. The Hall–Kier alpha value is -2.15. The zero-order valence-corrected chi connectivity index (χ0v) is 15.6. The van der Waals surface area contributed by atoms with Crippen LogP contribution in [0.15, 0.2) is 36.7 Å². The number of nitrogens with zero attached hydrogens (tertiary/aromatic N) is 3. The van der Waals surface area contributed by atoms with E-state index in [0.29, 0.717) is 26.2 Å². The maximum atomic E-state index is 12.4. The first-order valence-electron chi connectivity index (χ1n) is 8.81. The van der Waals surface area contributed by atoms with E-state index in [1.807, 2.05) is 25.4 Å². The van der Waals surface area contributed by atoms with Gasteiger partial charge in [-0.05, 0) is 30.0 Å².